The van der Waals surface area contributed by atoms with Crippen molar-refractivity contribution in [2.45, 2.75) is 0 Å². The van der Waals surface area contributed by atoms with Gasteiger partial charge in [0.05, 0.1) is 0 Å². The molecule has 16 heavy (non-hydrogen) atoms. The van der Waals surface area contributed by atoms with Crippen LogP contribution in [0.3, 0.4) is 0 Å². The van der Waals surface area contributed by atoms with Crippen molar-refractivity contribution < 1.29 is 65.9 Å². The van der Waals surface area contributed by atoms with Crippen molar-refractivity contribution in [3.63, 3.8) is 0 Å². The Morgan fingerprint density at radius 1 is 0.625 bits per heavy atom. The Balaban J connectivity index is -0.0000000152. The minimum atomic E-state index is -5.05. The van der Waals surface area contributed by atoms with Crippen LogP contribution in [-0.2, 0) is 13.4 Å². The predicted molar refractivity (Wildman–Crippen MR) is 54.0 cm³/mol. The first-order valence-corrected chi connectivity index (χ1v) is 4.59. The quantitative estimate of drug-likeness (QED) is 0.281. The van der Waals surface area contributed by atoms with Gasteiger partial charge in [-0.1, -0.05) is 0 Å². The first kappa shape index (κ1) is 53.7. The third-order valence-corrected chi connectivity index (χ3v) is 1.91. The Morgan fingerprint density at radius 2 is 0.750 bits per heavy atom. The molecule has 0 atom stereocenters. The van der Waals surface area contributed by atoms with Gasteiger partial charge in [0.1, 0.15) is 0 Å². The number of hydrogen-bond donors (Lipinski definition) is 4. The van der Waals surface area contributed by atoms with E-state index in [0.29, 0.717) is 0 Å². The standard InChI is InChI=1S/Na.H4O7P2.6H2O.H/c;1-8(2,3)7-9(4,5)6;;;;;;;/h;(H2,1,2,3)(H2,4,5,6);6*1H2;. The fraction of sp³-hybridized carbons (Fsp3) is 0. The second-order valence-electron chi connectivity index (χ2n) is 1.06. The molecule has 0 aromatic rings. The molecule has 0 aliphatic carbocycles. The Bertz CT molecular complexity index is 154. The molecule has 0 radical (unpaired) electrons. The zero-order chi connectivity index (χ0) is 7.71. The molecule has 16 N–H and O–H groups in total. The summed E-state index contributed by atoms with van der Waals surface area (Å²) in [7, 11) is -10.1. The second-order valence-corrected chi connectivity index (χ2v) is 3.68. The zero-order valence-corrected chi connectivity index (χ0v) is 8.70. The maximum atomic E-state index is 9.63. The van der Waals surface area contributed by atoms with Crippen molar-refractivity contribution in [1.82, 2.24) is 0 Å². The molecular formula is H17NaO13P2. The molecular weight excluding hydrogens is 293 g/mol. The molecule has 0 saturated heterocycles. The van der Waals surface area contributed by atoms with Gasteiger partial charge < -0.3 is 52.4 Å². The molecule has 0 aromatic heterocycles. The van der Waals surface area contributed by atoms with Gasteiger partial charge in [0, 0.05) is 0 Å². The fourth-order valence-corrected chi connectivity index (χ4v) is 1.25. The Labute approximate surface area is 111 Å². The predicted octanol–water partition coefficient (Wildman–Crippen LogP) is -6.41. The van der Waals surface area contributed by atoms with Crippen LogP contribution >= 0.6 is 15.6 Å². The number of phosphoric acid groups is 2. The van der Waals surface area contributed by atoms with Gasteiger partial charge in [0.25, 0.3) is 0 Å². The van der Waals surface area contributed by atoms with Crippen LogP contribution in [0, 0.1) is 0 Å². The Hall–Kier alpha value is 1.02. The van der Waals surface area contributed by atoms with Crippen molar-refractivity contribution in [2.75, 3.05) is 0 Å². The van der Waals surface area contributed by atoms with Gasteiger partial charge in [-0.25, -0.2) is 9.13 Å². The minimum absolute atomic E-state index is 0. The summed E-state index contributed by atoms with van der Waals surface area (Å²) in [5.41, 5.74) is 0. The zero-order valence-electron chi connectivity index (χ0n) is 6.91. The van der Waals surface area contributed by atoms with Crippen LogP contribution in [0.4, 0.5) is 0 Å². The molecule has 0 heterocycles. The summed E-state index contributed by atoms with van der Waals surface area (Å²) >= 11 is 0. The van der Waals surface area contributed by atoms with Gasteiger partial charge in [-0.3, -0.25) is 0 Å². The summed E-state index contributed by atoms with van der Waals surface area (Å²) in [5.74, 6) is 0. The molecule has 0 saturated carbocycles. The first-order chi connectivity index (χ1) is 3.71. The van der Waals surface area contributed by atoms with Gasteiger partial charge >= 0.3 is 45.2 Å². The van der Waals surface area contributed by atoms with E-state index in [0.717, 1.165) is 0 Å². The van der Waals surface area contributed by atoms with E-state index in [4.69, 9.17) is 19.6 Å². The monoisotopic (exact) mass is 310 g/mol. The molecule has 0 aliphatic rings. The average molecular weight is 310 g/mol. The van der Waals surface area contributed by atoms with Gasteiger partial charge in [-0.2, -0.15) is 4.31 Å². The molecule has 0 unspecified atom stereocenters. The third kappa shape index (κ3) is 59.9. The van der Waals surface area contributed by atoms with Crippen molar-refractivity contribution in [2.24, 2.45) is 0 Å². The topological polar surface area (TPSA) is 313 Å². The van der Waals surface area contributed by atoms with Gasteiger partial charge in [0.2, 0.25) is 0 Å². The SMILES string of the molecule is O.O.O.O.O.O.O=P(O)(O)OP(=O)(O)O.[NaH]. The molecule has 0 rings (SSSR count). The van der Waals surface area contributed by atoms with Crippen LogP contribution in [0.25, 0.3) is 0 Å². The normalized spacial score (nSPS) is 7.75. The van der Waals surface area contributed by atoms with Gasteiger partial charge in [-0.15, -0.1) is 0 Å². The van der Waals surface area contributed by atoms with E-state index in [1.807, 2.05) is 0 Å². The molecule has 16 heteroatoms. The molecule has 13 nitrogen and oxygen atoms in total. The molecule has 0 bridgehead atoms. The summed E-state index contributed by atoms with van der Waals surface area (Å²) < 4.78 is 22.2. The first-order valence-electron chi connectivity index (χ1n) is 1.53. The second kappa shape index (κ2) is 18.4. The number of hydrogen-bond acceptors (Lipinski definition) is 3. The van der Waals surface area contributed by atoms with Crippen LogP contribution in [0.5, 0.6) is 0 Å². The number of rotatable bonds is 2. The van der Waals surface area contributed by atoms with Crippen molar-refractivity contribution in [1.29, 1.82) is 0 Å². The molecule has 0 aliphatic heterocycles. The van der Waals surface area contributed by atoms with E-state index < -0.39 is 15.6 Å². The molecule has 0 spiro atoms. The Morgan fingerprint density at radius 3 is 0.750 bits per heavy atom. The maximum absolute atomic E-state index is 9.63. The summed E-state index contributed by atoms with van der Waals surface area (Å²) in [5, 5.41) is 0. The van der Waals surface area contributed by atoms with Crippen molar-refractivity contribution in [3.8, 4) is 0 Å². The van der Waals surface area contributed by atoms with E-state index in [1.54, 1.807) is 0 Å². The van der Waals surface area contributed by atoms with E-state index >= 15 is 0 Å². The molecule has 106 valence electrons. The van der Waals surface area contributed by atoms with E-state index in [-0.39, 0.29) is 62.4 Å². The van der Waals surface area contributed by atoms with E-state index in [2.05, 4.69) is 4.31 Å². The Kier molecular flexibility index (Phi) is 61.7. The van der Waals surface area contributed by atoms with Crippen LogP contribution in [0.15, 0.2) is 0 Å². The molecule has 0 fully saturated rings. The van der Waals surface area contributed by atoms with Gasteiger partial charge in [0.15, 0.2) is 0 Å². The van der Waals surface area contributed by atoms with Crippen LogP contribution in [0.1, 0.15) is 0 Å². The van der Waals surface area contributed by atoms with Crippen molar-refractivity contribution in [3.05, 3.63) is 0 Å². The molecule has 0 aromatic carbocycles. The summed E-state index contributed by atoms with van der Waals surface area (Å²) in [6.45, 7) is 0. The van der Waals surface area contributed by atoms with Gasteiger partial charge in [-0.05, 0) is 0 Å². The fourth-order valence-electron chi connectivity index (χ4n) is 0.139. The van der Waals surface area contributed by atoms with E-state index in [1.165, 1.54) is 0 Å². The van der Waals surface area contributed by atoms with Crippen LogP contribution in [0.2, 0.25) is 0 Å². The van der Waals surface area contributed by atoms with Crippen LogP contribution < -0.4 is 0 Å². The van der Waals surface area contributed by atoms with E-state index in [9.17, 15) is 9.13 Å². The summed E-state index contributed by atoms with van der Waals surface area (Å²) in [6.07, 6.45) is 0. The molecule has 0 amide bonds. The van der Waals surface area contributed by atoms with Crippen LogP contribution in [-0.4, -0.2) is 82.0 Å². The summed E-state index contributed by atoms with van der Waals surface area (Å²) in [6, 6.07) is 0. The summed E-state index contributed by atoms with van der Waals surface area (Å²) in [4.78, 5) is 31.0. The third-order valence-electron chi connectivity index (χ3n) is 0.213. The van der Waals surface area contributed by atoms with Crippen molar-refractivity contribution >= 4 is 45.2 Å². The average Bonchev–Trinajstić information content (AvgIpc) is 1.14.